The van der Waals surface area contributed by atoms with Gasteiger partial charge in [0.05, 0.1) is 0 Å². The minimum absolute atomic E-state index is 1.03. The second kappa shape index (κ2) is 3.14. The van der Waals surface area contributed by atoms with Crippen molar-refractivity contribution in [3.8, 4) is 0 Å². The molecule has 1 aromatic rings. The molecule has 1 aromatic heterocycles. The third kappa shape index (κ3) is 1.56. The van der Waals surface area contributed by atoms with Gasteiger partial charge in [-0.25, -0.2) is 4.98 Å². The number of aryl methyl sites for hydroxylation is 1. The maximum absolute atomic E-state index is 4.26. The molecular weight excluding hydrogens is 237 g/mol. The molecular formula is C8H8IN. The third-order valence-electron chi connectivity index (χ3n) is 1.31. The molecule has 0 aliphatic carbocycles. The third-order valence-corrected chi connectivity index (χ3v) is 1.91. The first-order valence-corrected chi connectivity index (χ1v) is 4.07. The number of rotatable bonds is 1. The van der Waals surface area contributed by atoms with E-state index in [9.17, 15) is 0 Å². The lowest BCUT2D eigenvalue weighted by Crippen LogP contribution is -1.87. The summed E-state index contributed by atoms with van der Waals surface area (Å²) in [7, 11) is 0. The average Bonchev–Trinajstić information content (AvgIpc) is 1.88. The summed E-state index contributed by atoms with van der Waals surface area (Å²) in [5.41, 5.74) is 2.15. The Hall–Kier alpha value is -0.380. The molecule has 0 atom stereocenters. The second-order valence-electron chi connectivity index (χ2n) is 2.01. The molecule has 0 saturated carbocycles. The van der Waals surface area contributed by atoms with Crippen LogP contribution in [0.1, 0.15) is 11.3 Å². The van der Waals surface area contributed by atoms with E-state index in [4.69, 9.17) is 0 Å². The molecule has 0 fully saturated rings. The average molecular weight is 245 g/mol. The Morgan fingerprint density at radius 2 is 2.30 bits per heavy atom. The Labute approximate surface area is 74.3 Å². The number of pyridine rings is 1. The Bertz CT molecular complexity index is 255. The summed E-state index contributed by atoms with van der Waals surface area (Å²) < 4.78 is 1.03. The van der Waals surface area contributed by atoms with Gasteiger partial charge in [0.15, 0.2) is 0 Å². The minimum Gasteiger partial charge on any atom is -0.247 e. The summed E-state index contributed by atoms with van der Waals surface area (Å²) in [6.45, 7) is 5.66. The Morgan fingerprint density at radius 1 is 1.60 bits per heavy atom. The van der Waals surface area contributed by atoms with E-state index in [0.29, 0.717) is 0 Å². The van der Waals surface area contributed by atoms with Gasteiger partial charge in [0.2, 0.25) is 0 Å². The second-order valence-corrected chi connectivity index (χ2v) is 3.12. The summed E-state index contributed by atoms with van der Waals surface area (Å²) in [5, 5.41) is 0. The monoisotopic (exact) mass is 245 g/mol. The summed E-state index contributed by atoms with van der Waals surface area (Å²) in [4.78, 5) is 4.26. The van der Waals surface area contributed by atoms with E-state index < -0.39 is 0 Å². The molecule has 0 aliphatic rings. The van der Waals surface area contributed by atoms with Crippen LogP contribution < -0.4 is 0 Å². The molecule has 0 bridgehead atoms. The topological polar surface area (TPSA) is 12.9 Å². The quantitative estimate of drug-likeness (QED) is 0.547. The summed E-state index contributed by atoms with van der Waals surface area (Å²) in [5.74, 6) is 0. The van der Waals surface area contributed by atoms with E-state index in [-0.39, 0.29) is 0 Å². The van der Waals surface area contributed by atoms with Crippen molar-refractivity contribution in [1.29, 1.82) is 0 Å². The maximum Gasteiger partial charge on any atom is 0.101 e. The number of nitrogens with zero attached hydrogens (tertiary/aromatic N) is 1. The van der Waals surface area contributed by atoms with Crippen molar-refractivity contribution in [3.63, 3.8) is 0 Å². The van der Waals surface area contributed by atoms with E-state index in [0.717, 1.165) is 15.0 Å². The van der Waals surface area contributed by atoms with Crippen molar-refractivity contribution >= 4 is 28.7 Å². The van der Waals surface area contributed by atoms with Gasteiger partial charge in [0.25, 0.3) is 0 Å². The van der Waals surface area contributed by atoms with Gasteiger partial charge in [-0.2, -0.15) is 0 Å². The zero-order valence-corrected chi connectivity index (χ0v) is 7.92. The SMILES string of the molecule is C=Cc1ccc(I)nc1C. The van der Waals surface area contributed by atoms with Gasteiger partial charge < -0.3 is 0 Å². The van der Waals surface area contributed by atoms with Crippen molar-refractivity contribution in [2.45, 2.75) is 6.92 Å². The van der Waals surface area contributed by atoms with E-state index >= 15 is 0 Å². The highest BCUT2D eigenvalue weighted by atomic mass is 127. The molecule has 0 spiro atoms. The highest BCUT2D eigenvalue weighted by Crippen LogP contribution is 2.08. The largest absolute Gasteiger partial charge is 0.247 e. The molecule has 1 nitrogen and oxygen atoms in total. The predicted molar refractivity (Wildman–Crippen MR) is 51.8 cm³/mol. The van der Waals surface area contributed by atoms with Crippen LogP contribution in [-0.2, 0) is 0 Å². The Morgan fingerprint density at radius 3 is 2.80 bits per heavy atom. The van der Waals surface area contributed by atoms with E-state index in [1.54, 1.807) is 0 Å². The van der Waals surface area contributed by atoms with Gasteiger partial charge >= 0.3 is 0 Å². The predicted octanol–water partition coefficient (Wildman–Crippen LogP) is 2.64. The summed E-state index contributed by atoms with van der Waals surface area (Å²) >= 11 is 2.19. The van der Waals surface area contributed by atoms with Crippen LogP contribution in [0.25, 0.3) is 6.08 Å². The summed E-state index contributed by atoms with van der Waals surface area (Å²) in [6, 6.07) is 4.00. The zero-order chi connectivity index (χ0) is 7.56. The maximum atomic E-state index is 4.26. The number of halogens is 1. The van der Waals surface area contributed by atoms with Gasteiger partial charge in [-0.3, -0.25) is 0 Å². The number of aromatic nitrogens is 1. The van der Waals surface area contributed by atoms with Crippen LogP contribution in [0.15, 0.2) is 18.7 Å². The van der Waals surface area contributed by atoms with Gasteiger partial charge in [0.1, 0.15) is 3.70 Å². The van der Waals surface area contributed by atoms with Crippen LogP contribution >= 0.6 is 22.6 Å². The van der Waals surface area contributed by atoms with E-state index in [1.165, 1.54) is 0 Å². The lowest BCUT2D eigenvalue weighted by Gasteiger charge is -1.97. The van der Waals surface area contributed by atoms with Gasteiger partial charge in [-0.05, 0) is 41.1 Å². The fourth-order valence-corrected chi connectivity index (χ4v) is 1.30. The molecule has 0 aromatic carbocycles. The van der Waals surface area contributed by atoms with Crippen molar-refractivity contribution in [2.24, 2.45) is 0 Å². The highest BCUT2D eigenvalue weighted by Gasteiger charge is 1.93. The smallest absolute Gasteiger partial charge is 0.101 e. The zero-order valence-electron chi connectivity index (χ0n) is 5.76. The van der Waals surface area contributed by atoms with Gasteiger partial charge in [0, 0.05) is 5.69 Å². The first kappa shape index (κ1) is 7.72. The first-order valence-electron chi connectivity index (χ1n) is 2.99. The normalized spacial score (nSPS) is 9.40. The molecule has 2 heteroatoms. The van der Waals surface area contributed by atoms with Crippen LogP contribution in [0.3, 0.4) is 0 Å². The number of hydrogen-bond acceptors (Lipinski definition) is 1. The van der Waals surface area contributed by atoms with Crippen molar-refractivity contribution in [2.75, 3.05) is 0 Å². The van der Waals surface area contributed by atoms with Crippen LogP contribution in [0.5, 0.6) is 0 Å². The van der Waals surface area contributed by atoms with E-state index in [2.05, 4.69) is 34.2 Å². The van der Waals surface area contributed by atoms with Crippen LogP contribution in [0, 0.1) is 10.6 Å². The molecule has 0 aliphatic heterocycles. The fourth-order valence-electron chi connectivity index (χ4n) is 0.757. The van der Waals surface area contributed by atoms with Gasteiger partial charge in [-0.15, -0.1) is 0 Å². The van der Waals surface area contributed by atoms with Crippen molar-refractivity contribution in [3.05, 3.63) is 33.7 Å². The molecule has 1 heterocycles. The standard InChI is InChI=1S/C8H8IN/c1-3-7-4-5-8(9)10-6(7)2/h3-5H,1H2,2H3. The van der Waals surface area contributed by atoms with E-state index in [1.807, 2.05) is 25.1 Å². The summed E-state index contributed by atoms with van der Waals surface area (Å²) in [6.07, 6.45) is 1.82. The molecule has 52 valence electrons. The molecule has 0 amide bonds. The van der Waals surface area contributed by atoms with Gasteiger partial charge in [-0.1, -0.05) is 18.7 Å². The molecule has 1 rings (SSSR count). The molecule has 0 radical (unpaired) electrons. The molecule has 0 saturated heterocycles. The lowest BCUT2D eigenvalue weighted by molar-refractivity contribution is 1.15. The Balaban J connectivity index is 3.19. The highest BCUT2D eigenvalue weighted by molar-refractivity contribution is 14.1. The van der Waals surface area contributed by atoms with Crippen LogP contribution in [0.4, 0.5) is 0 Å². The van der Waals surface area contributed by atoms with Crippen molar-refractivity contribution in [1.82, 2.24) is 4.98 Å². The first-order chi connectivity index (χ1) is 4.74. The molecule has 10 heavy (non-hydrogen) atoms. The van der Waals surface area contributed by atoms with Crippen molar-refractivity contribution < 1.29 is 0 Å². The van der Waals surface area contributed by atoms with Crippen LogP contribution in [-0.4, -0.2) is 4.98 Å². The minimum atomic E-state index is 1.03. The fraction of sp³-hybridized carbons (Fsp3) is 0.125. The Kier molecular flexibility index (Phi) is 2.43. The van der Waals surface area contributed by atoms with Crippen LogP contribution in [0.2, 0.25) is 0 Å². The molecule has 0 N–H and O–H groups in total. The number of hydrogen-bond donors (Lipinski definition) is 0. The lowest BCUT2D eigenvalue weighted by atomic mass is 10.2. The molecule has 0 unspecified atom stereocenters.